The smallest absolute Gasteiger partial charge is 0.269 e. The molecule has 0 saturated heterocycles. The van der Waals surface area contributed by atoms with E-state index in [2.05, 4.69) is 112 Å². The summed E-state index contributed by atoms with van der Waals surface area (Å²) in [4.78, 5) is 4.89. The molecule has 286 valence electrons. The van der Waals surface area contributed by atoms with E-state index < -0.39 is 65.8 Å². The molecule has 0 radical (unpaired) electrons. The van der Waals surface area contributed by atoms with Gasteiger partial charge in [-0.25, -0.2) is 4.98 Å². The van der Waals surface area contributed by atoms with Gasteiger partial charge in [0, 0.05) is 22.4 Å². The molecule has 0 aliphatic heterocycles. The van der Waals surface area contributed by atoms with Gasteiger partial charge in [-0.3, -0.25) is 13.7 Å². The zero-order chi connectivity index (χ0) is 49.0. The van der Waals surface area contributed by atoms with Crippen LogP contribution in [-0.4, -0.2) is 14.1 Å². The normalized spacial score (nSPS) is 14.5. The third kappa shape index (κ3) is 6.24. The summed E-state index contributed by atoms with van der Waals surface area (Å²) in [5, 5.41) is 2.25. The van der Waals surface area contributed by atoms with Crippen LogP contribution in [0.1, 0.15) is 65.0 Å². The van der Waals surface area contributed by atoms with Gasteiger partial charge in [-0.15, -0.1) is 0 Å². The molecular weight excluding hydrogens is 717 g/mol. The third-order valence-corrected chi connectivity index (χ3v) is 11.4. The van der Waals surface area contributed by atoms with E-state index in [0.717, 1.165) is 44.4 Å². The summed E-state index contributed by atoms with van der Waals surface area (Å²) in [6, 6.07) is 34.8. The van der Waals surface area contributed by atoms with E-state index in [4.69, 9.17) is 18.7 Å². The lowest BCUT2D eigenvalue weighted by atomic mass is 9.77. The second-order valence-corrected chi connectivity index (χ2v) is 16.4. The van der Waals surface area contributed by atoms with E-state index in [9.17, 15) is 0 Å². The van der Waals surface area contributed by atoms with Crippen molar-refractivity contribution in [2.24, 2.45) is 0 Å². The summed E-state index contributed by atoms with van der Waals surface area (Å²) < 4.78 is 93.0. The van der Waals surface area contributed by atoms with E-state index in [1.165, 1.54) is 5.56 Å². The molecule has 10 rings (SSSR count). The molecule has 0 aliphatic rings. The van der Waals surface area contributed by atoms with E-state index in [1.54, 1.807) is 22.8 Å². The lowest BCUT2D eigenvalue weighted by Crippen LogP contribution is -2.31. The molecule has 0 N–H and O–H groups in total. The Morgan fingerprint density at radius 1 is 0.559 bits per heavy atom. The number of rotatable bonds is 7. The van der Waals surface area contributed by atoms with Crippen LogP contribution < -0.4 is 4.57 Å². The van der Waals surface area contributed by atoms with Crippen LogP contribution in [0.5, 0.6) is 0 Å². The summed E-state index contributed by atoms with van der Waals surface area (Å²) in [6.07, 6.45) is 5.40. The average Bonchev–Trinajstić information content (AvgIpc) is 3.90. The van der Waals surface area contributed by atoms with Crippen molar-refractivity contribution in [1.82, 2.24) is 14.1 Å². The number of nitrogens with zero attached hydrogens (tertiary/aromatic N) is 4. The van der Waals surface area contributed by atoms with Crippen molar-refractivity contribution < 1.29 is 18.3 Å². The van der Waals surface area contributed by atoms with Gasteiger partial charge >= 0.3 is 0 Å². The van der Waals surface area contributed by atoms with Crippen molar-refractivity contribution in [3.05, 3.63) is 211 Å². The number of aromatic nitrogens is 4. The minimum Gasteiger partial charge on any atom is -0.294 e. The monoisotopic (exact) mass is 772 g/mol. The maximum Gasteiger partial charge on any atom is 0.269 e. The van der Waals surface area contributed by atoms with E-state index in [1.807, 2.05) is 47.2 Å². The average molecular weight is 773 g/mol. The number of fused-ring (bicyclic) bond motifs is 4. The standard InChI is InChI=1S/C55H46N4/c1-54(2,3)40-32-33-56-52(36-40)59-48-27-13-12-24-46(48)47-31-30-42(35-51(47)59)55(4,5)41-22-16-23-43(34-41)57-37-58(50-29-15-14-28-49(50)57)53-44(38-18-8-6-9-19-38)25-17-26-45(53)39-20-10-7-11-21-39/h6-36H,1-5H3/i6D,7D,8D,9D,10D,11D,18D,19D,20D,21D. The van der Waals surface area contributed by atoms with Gasteiger partial charge in [0.05, 0.1) is 47.1 Å². The number of pyridine rings is 1. The Balaban J connectivity index is 1.18. The van der Waals surface area contributed by atoms with Crippen molar-refractivity contribution in [3.63, 3.8) is 0 Å². The molecule has 3 aromatic heterocycles. The Bertz CT molecular complexity index is 3620. The van der Waals surface area contributed by atoms with Crippen molar-refractivity contribution in [1.29, 1.82) is 0 Å². The van der Waals surface area contributed by atoms with Crippen molar-refractivity contribution in [3.8, 4) is 39.4 Å². The second-order valence-electron chi connectivity index (χ2n) is 16.4. The Kier molecular flexibility index (Phi) is 6.41. The lowest BCUT2D eigenvalue weighted by molar-refractivity contribution is -0.571. The van der Waals surface area contributed by atoms with E-state index >= 15 is 0 Å². The van der Waals surface area contributed by atoms with Gasteiger partial charge in [0.2, 0.25) is 0 Å². The first-order chi connectivity index (χ1) is 32.8. The fourth-order valence-corrected chi connectivity index (χ4v) is 8.19. The molecule has 0 aliphatic carbocycles. The quantitative estimate of drug-likeness (QED) is 0.117. The second kappa shape index (κ2) is 14.1. The largest absolute Gasteiger partial charge is 0.294 e. The molecule has 4 heteroatoms. The number of hydrogen-bond acceptors (Lipinski definition) is 1. The summed E-state index contributed by atoms with van der Waals surface area (Å²) in [5.74, 6) is 0.844. The van der Waals surface area contributed by atoms with Gasteiger partial charge < -0.3 is 0 Å². The first-order valence-corrected chi connectivity index (χ1v) is 19.7. The van der Waals surface area contributed by atoms with Crippen LogP contribution in [0.4, 0.5) is 0 Å². The number of benzene rings is 7. The lowest BCUT2D eigenvalue weighted by Gasteiger charge is -2.27. The zero-order valence-corrected chi connectivity index (χ0v) is 33.4. The van der Waals surface area contributed by atoms with Crippen LogP contribution in [0.15, 0.2) is 188 Å². The fraction of sp³-hybridized carbons (Fsp3) is 0.127. The number of para-hydroxylation sites is 4. The highest BCUT2D eigenvalue weighted by atomic mass is 15.1. The topological polar surface area (TPSA) is 26.6 Å². The molecule has 59 heavy (non-hydrogen) atoms. The Morgan fingerprint density at radius 3 is 1.90 bits per heavy atom. The summed E-state index contributed by atoms with van der Waals surface area (Å²) in [5.41, 5.74) is 7.17. The predicted octanol–water partition coefficient (Wildman–Crippen LogP) is 13.2. The molecular formula is C55H46N4. The van der Waals surface area contributed by atoms with Gasteiger partial charge in [0.25, 0.3) is 6.33 Å². The van der Waals surface area contributed by atoms with Crippen LogP contribution in [0, 0.1) is 6.33 Å². The summed E-state index contributed by atoms with van der Waals surface area (Å²) in [7, 11) is 0. The minimum absolute atomic E-state index is 0.0727. The Labute approximate surface area is 360 Å². The third-order valence-electron chi connectivity index (χ3n) is 11.4. The molecule has 0 amide bonds. The fourth-order valence-electron chi connectivity index (χ4n) is 8.19. The highest BCUT2D eigenvalue weighted by molar-refractivity contribution is 6.09. The van der Waals surface area contributed by atoms with Crippen molar-refractivity contribution in [2.75, 3.05) is 0 Å². The molecule has 10 aromatic rings. The van der Waals surface area contributed by atoms with Gasteiger partial charge in [-0.1, -0.05) is 180 Å². The summed E-state index contributed by atoms with van der Waals surface area (Å²) >= 11 is 0. The zero-order valence-electron chi connectivity index (χ0n) is 43.4. The maximum absolute atomic E-state index is 9.04. The highest BCUT2D eigenvalue weighted by Gasteiger charge is 2.27. The van der Waals surface area contributed by atoms with Crippen LogP contribution in [0.2, 0.25) is 0 Å². The molecule has 3 heterocycles. The molecule has 0 atom stereocenters. The van der Waals surface area contributed by atoms with Crippen molar-refractivity contribution >= 4 is 32.8 Å². The van der Waals surface area contributed by atoms with E-state index in [0.29, 0.717) is 11.0 Å². The van der Waals surface area contributed by atoms with Gasteiger partial charge in [0.1, 0.15) is 5.82 Å². The number of imidazole rings is 1. The molecule has 7 aromatic carbocycles. The summed E-state index contributed by atoms with van der Waals surface area (Å²) in [6.45, 7) is 11.0. The molecule has 0 saturated carbocycles. The first kappa shape index (κ1) is 26.8. The van der Waals surface area contributed by atoms with Gasteiger partial charge in [0.15, 0.2) is 0 Å². The Hall–Kier alpha value is -7.04. The maximum atomic E-state index is 9.04. The predicted molar refractivity (Wildman–Crippen MR) is 244 cm³/mol. The molecule has 0 unspecified atom stereocenters. The highest BCUT2D eigenvalue weighted by Crippen LogP contribution is 2.39. The van der Waals surface area contributed by atoms with Crippen LogP contribution >= 0.6 is 0 Å². The minimum atomic E-state index is -0.555. The molecule has 0 bridgehead atoms. The van der Waals surface area contributed by atoms with E-state index in [-0.39, 0.29) is 33.4 Å². The first-order valence-electron chi connectivity index (χ1n) is 24.7. The SMILES string of the molecule is [2H]c1c([2H])c([2H])c(-c2cccc(-c3c([2H])c([2H])c([2H])c([2H])c3[2H])c2-[n+]2[c-]n(-c3cccc(C(C)(C)c4ccc5c6ccccc6n(-c6cc(C(C)(C)C)ccn6)c5c4)c3)c3ccccc32)c([2H])c1[2H]. The van der Waals surface area contributed by atoms with Crippen LogP contribution in [-0.2, 0) is 10.8 Å². The van der Waals surface area contributed by atoms with Gasteiger partial charge in [-0.05, 0) is 80.8 Å². The Morgan fingerprint density at radius 2 is 1.19 bits per heavy atom. The molecule has 0 spiro atoms. The van der Waals surface area contributed by atoms with Crippen LogP contribution in [0.3, 0.4) is 0 Å². The van der Waals surface area contributed by atoms with Crippen molar-refractivity contribution in [2.45, 2.75) is 45.4 Å². The van der Waals surface area contributed by atoms with Crippen LogP contribution in [0.25, 0.3) is 72.3 Å². The number of hydrogen-bond donors (Lipinski definition) is 0. The van der Waals surface area contributed by atoms with Gasteiger partial charge in [-0.2, -0.15) is 0 Å². The molecule has 4 nitrogen and oxygen atoms in total. The molecule has 0 fully saturated rings.